The van der Waals surface area contributed by atoms with E-state index in [1.54, 1.807) is 30.3 Å². The van der Waals surface area contributed by atoms with Crippen LogP contribution in [0.2, 0.25) is 5.02 Å². The second-order valence-corrected chi connectivity index (χ2v) is 11.9. The Morgan fingerprint density at radius 1 is 0.932 bits per heavy atom. The highest BCUT2D eigenvalue weighted by molar-refractivity contribution is 6.30. The minimum absolute atomic E-state index is 0. The van der Waals surface area contributed by atoms with Crippen LogP contribution in [0.4, 0.5) is 8.78 Å². The second kappa shape index (κ2) is 16.0. The predicted octanol–water partition coefficient (Wildman–Crippen LogP) is 6.03. The summed E-state index contributed by atoms with van der Waals surface area (Å²) in [6.45, 7) is 7.84. The van der Waals surface area contributed by atoms with Crippen LogP contribution in [0.25, 0.3) is 11.1 Å². The summed E-state index contributed by atoms with van der Waals surface area (Å²) in [5, 5.41) is 0.640. The number of hydrogen-bond donors (Lipinski definition) is 1. The van der Waals surface area contributed by atoms with Gasteiger partial charge in [0.1, 0.15) is 17.4 Å². The zero-order chi connectivity index (χ0) is 30.3. The molecule has 1 atom stereocenters. The molecule has 10 heteroatoms. The summed E-state index contributed by atoms with van der Waals surface area (Å²) in [6, 6.07) is 16.8. The molecular weight excluding hydrogens is 605 g/mol. The Hall–Kier alpha value is -2.75. The molecule has 0 aromatic heterocycles. The summed E-state index contributed by atoms with van der Waals surface area (Å²) in [5.74, 6) is 0.206. The Labute approximate surface area is 270 Å². The lowest BCUT2D eigenvalue weighted by Gasteiger charge is -2.39. The van der Waals surface area contributed by atoms with Gasteiger partial charge in [-0.3, -0.25) is 9.69 Å². The first-order valence-electron chi connectivity index (χ1n) is 15.3. The maximum absolute atomic E-state index is 14.5. The molecule has 5 rings (SSSR count). The normalized spacial score (nSPS) is 17.2. The Morgan fingerprint density at radius 3 is 2.34 bits per heavy atom. The van der Waals surface area contributed by atoms with Crippen LogP contribution in [0, 0.1) is 17.6 Å². The van der Waals surface area contributed by atoms with Crippen LogP contribution in [0.1, 0.15) is 30.9 Å². The molecule has 0 unspecified atom stereocenters. The van der Waals surface area contributed by atoms with E-state index in [9.17, 15) is 13.6 Å². The number of carbonyl (C=O) groups excluding carboxylic acids is 1. The molecule has 2 N–H and O–H groups in total. The van der Waals surface area contributed by atoms with Gasteiger partial charge in [0.05, 0.1) is 12.6 Å². The second-order valence-electron chi connectivity index (χ2n) is 11.5. The zero-order valence-corrected chi connectivity index (χ0v) is 26.8. The van der Waals surface area contributed by atoms with E-state index in [1.165, 1.54) is 12.1 Å². The largest absolute Gasteiger partial charge is 0.493 e. The molecule has 3 aromatic carbocycles. The number of piperazine rings is 1. The van der Waals surface area contributed by atoms with Gasteiger partial charge in [0.2, 0.25) is 5.91 Å². The van der Waals surface area contributed by atoms with Crippen molar-refractivity contribution in [2.24, 2.45) is 11.7 Å². The number of nitrogens with zero attached hydrogens (tertiary/aromatic N) is 3. The lowest BCUT2D eigenvalue weighted by molar-refractivity contribution is -0.136. The van der Waals surface area contributed by atoms with Gasteiger partial charge >= 0.3 is 0 Å². The number of likely N-dealkylation sites (tertiary alicyclic amines) is 1. The first-order chi connectivity index (χ1) is 20.8. The van der Waals surface area contributed by atoms with Gasteiger partial charge < -0.3 is 20.3 Å². The van der Waals surface area contributed by atoms with Crippen LogP contribution in [-0.2, 0) is 17.8 Å². The number of hydrogen-bond acceptors (Lipinski definition) is 5. The van der Waals surface area contributed by atoms with E-state index >= 15 is 0 Å². The van der Waals surface area contributed by atoms with Crippen LogP contribution in [0.5, 0.6) is 5.75 Å². The van der Waals surface area contributed by atoms with Gasteiger partial charge in [0.15, 0.2) is 0 Å². The molecule has 2 aliphatic heterocycles. The van der Waals surface area contributed by atoms with Crippen molar-refractivity contribution >= 4 is 29.9 Å². The van der Waals surface area contributed by atoms with Gasteiger partial charge in [-0.15, -0.1) is 12.4 Å². The van der Waals surface area contributed by atoms with Gasteiger partial charge in [0, 0.05) is 55.4 Å². The lowest BCUT2D eigenvalue weighted by atomic mass is 9.88. The summed E-state index contributed by atoms with van der Waals surface area (Å²) in [5.41, 5.74) is 9.58. The molecule has 0 aliphatic carbocycles. The van der Waals surface area contributed by atoms with Crippen LogP contribution in [-0.4, -0.2) is 79.1 Å². The molecule has 3 aromatic rings. The van der Waals surface area contributed by atoms with Gasteiger partial charge in [-0.1, -0.05) is 41.9 Å². The molecule has 0 bridgehead atoms. The summed E-state index contributed by atoms with van der Waals surface area (Å²) >= 11 is 6.30. The smallest absolute Gasteiger partial charge is 0.239 e. The standard InChI is InChI=1S/C34H41ClF2N4O2.ClH/c1-2-43-32-9-5-8-31(37)29(32)23-40-18-20-41(21-19-40)34(42)33(38)24-12-15-39(16-13-24)17-14-25-22-26(35)10-11-27(25)28-6-3-4-7-30(28)36;/h3-11,22,24,33H,2,12-21,23,38H2,1H3;1H/t33-;/m1./s1. The number of amides is 1. The number of nitrogens with two attached hydrogens (primary N) is 1. The van der Waals surface area contributed by atoms with E-state index in [1.807, 2.05) is 30.0 Å². The third kappa shape index (κ3) is 8.29. The molecular formula is C34H42Cl2F2N4O2. The van der Waals surface area contributed by atoms with Crippen molar-refractivity contribution in [1.82, 2.24) is 14.7 Å². The Balaban J connectivity index is 0.00000442. The van der Waals surface area contributed by atoms with Crippen molar-refractivity contribution < 1.29 is 18.3 Å². The maximum Gasteiger partial charge on any atom is 0.239 e. The van der Waals surface area contributed by atoms with Gasteiger partial charge in [-0.05, 0) is 86.7 Å². The van der Waals surface area contributed by atoms with Crippen molar-refractivity contribution in [3.05, 3.63) is 88.4 Å². The fraction of sp³-hybridized carbons (Fsp3) is 0.441. The predicted molar refractivity (Wildman–Crippen MR) is 174 cm³/mol. The first kappa shape index (κ1) is 34.1. The Morgan fingerprint density at radius 2 is 1.64 bits per heavy atom. The number of rotatable bonds is 10. The van der Waals surface area contributed by atoms with E-state index in [2.05, 4.69) is 9.80 Å². The summed E-state index contributed by atoms with van der Waals surface area (Å²) < 4.78 is 34.7. The SMILES string of the molecule is CCOc1cccc(F)c1CN1CCN(C(=O)[C@H](N)C2CCN(CCc3cc(Cl)ccc3-c3ccccc3F)CC2)CC1.Cl. The maximum atomic E-state index is 14.5. The Bertz CT molecular complexity index is 1400. The fourth-order valence-corrected chi connectivity index (χ4v) is 6.47. The lowest BCUT2D eigenvalue weighted by Crippen LogP contribution is -2.55. The van der Waals surface area contributed by atoms with E-state index in [4.69, 9.17) is 22.1 Å². The highest BCUT2D eigenvalue weighted by atomic mass is 35.5. The summed E-state index contributed by atoms with van der Waals surface area (Å²) in [6.07, 6.45) is 2.47. The van der Waals surface area contributed by atoms with Crippen LogP contribution < -0.4 is 10.5 Å². The Kier molecular flexibility index (Phi) is 12.4. The van der Waals surface area contributed by atoms with Crippen LogP contribution >= 0.6 is 24.0 Å². The van der Waals surface area contributed by atoms with Crippen LogP contribution in [0.15, 0.2) is 60.7 Å². The molecule has 2 fully saturated rings. The highest BCUT2D eigenvalue weighted by Gasteiger charge is 2.33. The number of benzene rings is 3. The fourth-order valence-electron chi connectivity index (χ4n) is 6.27. The highest BCUT2D eigenvalue weighted by Crippen LogP contribution is 2.30. The zero-order valence-electron chi connectivity index (χ0n) is 25.2. The minimum atomic E-state index is -0.523. The molecule has 0 spiro atoms. The summed E-state index contributed by atoms with van der Waals surface area (Å²) in [7, 11) is 0. The number of ether oxygens (including phenoxy) is 1. The average Bonchev–Trinajstić information content (AvgIpc) is 3.02. The number of halogens is 4. The monoisotopic (exact) mass is 646 g/mol. The molecule has 2 heterocycles. The van der Waals surface area contributed by atoms with Gasteiger partial charge in [-0.2, -0.15) is 0 Å². The van der Waals surface area contributed by atoms with E-state index in [-0.39, 0.29) is 35.9 Å². The van der Waals surface area contributed by atoms with Crippen molar-refractivity contribution in [3.8, 4) is 16.9 Å². The summed E-state index contributed by atoms with van der Waals surface area (Å²) in [4.78, 5) is 19.7. The number of piperidine rings is 1. The molecule has 44 heavy (non-hydrogen) atoms. The van der Waals surface area contributed by atoms with Crippen molar-refractivity contribution in [2.75, 3.05) is 52.4 Å². The van der Waals surface area contributed by atoms with Gasteiger partial charge in [0.25, 0.3) is 0 Å². The molecule has 6 nitrogen and oxygen atoms in total. The van der Waals surface area contributed by atoms with Crippen LogP contribution in [0.3, 0.4) is 0 Å². The quantitative estimate of drug-likeness (QED) is 0.291. The van der Waals surface area contributed by atoms with E-state index < -0.39 is 6.04 Å². The van der Waals surface area contributed by atoms with E-state index in [0.29, 0.717) is 61.2 Å². The minimum Gasteiger partial charge on any atom is -0.493 e. The molecule has 238 valence electrons. The van der Waals surface area contributed by atoms with E-state index in [0.717, 1.165) is 50.0 Å². The topological polar surface area (TPSA) is 62.0 Å². The molecule has 2 saturated heterocycles. The molecule has 0 radical (unpaired) electrons. The third-order valence-corrected chi connectivity index (χ3v) is 9.03. The molecule has 1 amide bonds. The van der Waals surface area contributed by atoms with Crippen molar-refractivity contribution in [2.45, 2.75) is 38.8 Å². The average molecular weight is 648 g/mol. The number of carbonyl (C=O) groups is 1. The third-order valence-electron chi connectivity index (χ3n) is 8.80. The van der Waals surface area contributed by atoms with Crippen molar-refractivity contribution in [1.29, 1.82) is 0 Å². The molecule has 2 aliphatic rings. The van der Waals surface area contributed by atoms with Gasteiger partial charge in [-0.25, -0.2) is 8.78 Å². The first-order valence-corrected chi connectivity index (χ1v) is 15.6. The molecule has 0 saturated carbocycles. The van der Waals surface area contributed by atoms with Crippen molar-refractivity contribution in [3.63, 3.8) is 0 Å².